The van der Waals surface area contributed by atoms with Crippen molar-refractivity contribution in [1.82, 2.24) is 20.0 Å². The molecule has 3 rings (SSSR count). The molecule has 3 heterocycles. The monoisotopic (exact) mass is 249 g/mol. The standard InChI is InChI=1S/C12H19N5O/c13-11-7-10(14-15-11)12(18)17-6-2-5-16-4-1-3-9(16)8-17/h7,9H,1-6,8H2,(H3,13,14,15). The van der Waals surface area contributed by atoms with Crippen molar-refractivity contribution >= 4 is 11.7 Å². The Morgan fingerprint density at radius 2 is 2.22 bits per heavy atom. The number of nitrogen functional groups attached to an aromatic ring is 1. The van der Waals surface area contributed by atoms with Crippen LogP contribution in [0.2, 0.25) is 0 Å². The number of nitrogens with zero attached hydrogens (tertiary/aromatic N) is 3. The van der Waals surface area contributed by atoms with Gasteiger partial charge in [0.15, 0.2) is 0 Å². The van der Waals surface area contributed by atoms with Gasteiger partial charge in [-0.05, 0) is 25.8 Å². The van der Waals surface area contributed by atoms with Crippen molar-refractivity contribution in [3.8, 4) is 0 Å². The molecule has 2 aliphatic rings. The fourth-order valence-electron chi connectivity index (χ4n) is 3.01. The van der Waals surface area contributed by atoms with Gasteiger partial charge in [0.25, 0.3) is 5.91 Å². The summed E-state index contributed by atoms with van der Waals surface area (Å²) in [7, 11) is 0. The van der Waals surface area contributed by atoms with Crippen LogP contribution in [0.25, 0.3) is 0 Å². The van der Waals surface area contributed by atoms with Crippen molar-refractivity contribution < 1.29 is 4.79 Å². The summed E-state index contributed by atoms with van der Waals surface area (Å²) in [6.45, 7) is 3.95. The molecule has 1 aromatic rings. The van der Waals surface area contributed by atoms with Crippen LogP contribution in [0.4, 0.5) is 5.82 Å². The zero-order valence-corrected chi connectivity index (χ0v) is 10.4. The van der Waals surface area contributed by atoms with Crippen molar-refractivity contribution in [2.24, 2.45) is 0 Å². The van der Waals surface area contributed by atoms with Gasteiger partial charge in [0, 0.05) is 31.7 Å². The number of H-pyrrole nitrogens is 1. The molecule has 1 aromatic heterocycles. The van der Waals surface area contributed by atoms with Gasteiger partial charge in [-0.25, -0.2) is 0 Å². The zero-order chi connectivity index (χ0) is 12.5. The molecular formula is C12H19N5O. The molecule has 3 N–H and O–H groups in total. The fraction of sp³-hybridized carbons (Fsp3) is 0.667. The van der Waals surface area contributed by atoms with Crippen LogP contribution in [0.15, 0.2) is 6.07 Å². The molecule has 0 spiro atoms. The summed E-state index contributed by atoms with van der Waals surface area (Å²) in [6.07, 6.45) is 3.50. The highest BCUT2D eigenvalue weighted by atomic mass is 16.2. The Morgan fingerprint density at radius 1 is 1.39 bits per heavy atom. The number of carbonyl (C=O) groups is 1. The minimum Gasteiger partial charge on any atom is -0.382 e. The largest absolute Gasteiger partial charge is 0.382 e. The first kappa shape index (κ1) is 11.5. The number of anilines is 1. The van der Waals surface area contributed by atoms with E-state index in [1.807, 2.05) is 4.90 Å². The van der Waals surface area contributed by atoms with Gasteiger partial charge in [0.2, 0.25) is 0 Å². The summed E-state index contributed by atoms with van der Waals surface area (Å²) in [5.41, 5.74) is 6.04. The lowest BCUT2D eigenvalue weighted by atomic mass is 10.2. The highest BCUT2D eigenvalue weighted by Gasteiger charge is 2.31. The number of fused-ring (bicyclic) bond motifs is 1. The van der Waals surface area contributed by atoms with E-state index >= 15 is 0 Å². The van der Waals surface area contributed by atoms with Crippen molar-refractivity contribution in [1.29, 1.82) is 0 Å². The number of nitrogens with one attached hydrogen (secondary N) is 1. The molecule has 2 saturated heterocycles. The Kier molecular flexibility index (Phi) is 2.95. The van der Waals surface area contributed by atoms with Gasteiger partial charge >= 0.3 is 0 Å². The van der Waals surface area contributed by atoms with Crippen LogP contribution in [0.3, 0.4) is 0 Å². The second-order valence-corrected chi connectivity index (χ2v) is 5.14. The number of rotatable bonds is 1. The molecule has 0 bridgehead atoms. The van der Waals surface area contributed by atoms with Gasteiger partial charge in [-0.15, -0.1) is 0 Å². The molecule has 0 aromatic carbocycles. The number of carbonyl (C=O) groups excluding carboxylic acids is 1. The molecule has 0 radical (unpaired) electrons. The lowest BCUT2D eigenvalue weighted by Crippen LogP contribution is -2.39. The summed E-state index contributed by atoms with van der Waals surface area (Å²) < 4.78 is 0. The van der Waals surface area contributed by atoms with E-state index < -0.39 is 0 Å². The third-order valence-electron chi connectivity index (χ3n) is 3.92. The molecule has 6 nitrogen and oxygen atoms in total. The van der Waals surface area contributed by atoms with E-state index in [0.29, 0.717) is 17.6 Å². The average molecular weight is 249 g/mol. The molecule has 18 heavy (non-hydrogen) atoms. The Balaban J connectivity index is 1.73. The molecule has 2 fully saturated rings. The van der Waals surface area contributed by atoms with E-state index in [4.69, 9.17) is 5.73 Å². The molecule has 6 heteroatoms. The molecule has 1 amide bonds. The van der Waals surface area contributed by atoms with Gasteiger partial charge in [-0.1, -0.05) is 0 Å². The maximum atomic E-state index is 12.3. The van der Waals surface area contributed by atoms with Crippen molar-refractivity contribution in [2.75, 3.05) is 31.9 Å². The van der Waals surface area contributed by atoms with Crippen molar-refractivity contribution in [3.63, 3.8) is 0 Å². The van der Waals surface area contributed by atoms with Gasteiger partial charge < -0.3 is 10.6 Å². The first-order valence-electron chi connectivity index (χ1n) is 6.58. The second kappa shape index (κ2) is 4.61. The number of nitrogens with two attached hydrogens (primary N) is 1. The summed E-state index contributed by atoms with van der Waals surface area (Å²) in [5.74, 6) is 0.392. The zero-order valence-electron chi connectivity index (χ0n) is 10.4. The van der Waals surface area contributed by atoms with Crippen LogP contribution in [0.1, 0.15) is 29.8 Å². The van der Waals surface area contributed by atoms with Crippen LogP contribution >= 0.6 is 0 Å². The quantitative estimate of drug-likeness (QED) is 0.750. The van der Waals surface area contributed by atoms with Gasteiger partial charge in [-0.2, -0.15) is 5.10 Å². The molecule has 1 atom stereocenters. The highest BCUT2D eigenvalue weighted by molar-refractivity contribution is 5.93. The summed E-state index contributed by atoms with van der Waals surface area (Å²) in [5, 5.41) is 6.52. The van der Waals surface area contributed by atoms with E-state index in [2.05, 4.69) is 15.1 Å². The topological polar surface area (TPSA) is 78.3 Å². The first-order valence-corrected chi connectivity index (χ1v) is 6.58. The SMILES string of the molecule is Nc1cc(C(=O)N2CCCN3CCCC3C2)[nH]n1. The van der Waals surface area contributed by atoms with Crippen LogP contribution in [0.5, 0.6) is 0 Å². The Labute approximate surface area is 106 Å². The maximum Gasteiger partial charge on any atom is 0.271 e. The molecule has 1 unspecified atom stereocenters. The minimum absolute atomic E-state index is 0.0213. The van der Waals surface area contributed by atoms with E-state index in [1.54, 1.807) is 6.07 Å². The average Bonchev–Trinajstić information content (AvgIpc) is 2.93. The molecule has 98 valence electrons. The van der Waals surface area contributed by atoms with E-state index in [0.717, 1.165) is 26.1 Å². The fourth-order valence-corrected chi connectivity index (χ4v) is 3.01. The Morgan fingerprint density at radius 3 is 3.00 bits per heavy atom. The van der Waals surface area contributed by atoms with Gasteiger partial charge in [0.05, 0.1) is 0 Å². The predicted octanol–water partition coefficient (Wildman–Crippen LogP) is 0.302. The number of hydrogen-bond donors (Lipinski definition) is 2. The first-order chi connectivity index (χ1) is 8.74. The Hall–Kier alpha value is -1.56. The molecule has 0 saturated carbocycles. The maximum absolute atomic E-state index is 12.3. The number of hydrogen-bond acceptors (Lipinski definition) is 4. The molecule has 2 aliphatic heterocycles. The summed E-state index contributed by atoms with van der Waals surface area (Å²) in [4.78, 5) is 16.8. The number of amides is 1. The van der Waals surface area contributed by atoms with Crippen molar-refractivity contribution in [3.05, 3.63) is 11.8 Å². The summed E-state index contributed by atoms with van der Waals surface area (Å²) >= 11 is 0. The van der Waals surface area contributed by atoms with Gasteiger partial charge in [0.1, 0.15) is 11.5 Å². The van der Waals surface area contributed by atoms with Crippen LogP contribution in [-0.2, 0) is 0 Å². The smallest absolute Gasteiger partial charge is 0.271 e. The normalized spacial score (nSPS) is 24.9. The second-order valence-electron chi connectivity index (χ2n) is 5.14. The van der Waals surface area contributed by atoms with E-state index in [-0.39, 0.29) is 5.91 Å². The lowest BCUT2D eigenvalue weighted by Gasteiger charge is -2.25. The number of aromatic amines is 1. The highest BCUT2D eigenvalue weighted by Crippen LogP contribution is 2.22. The van der Waals surface area contributed by atoms with Crippen LogP contribution < -0.4 is 5.73 Å². The predicted molar refractivity (Wildman–Crippen MR) is 68.1 cm³/mol. The van der Waals surface area contributed by atoms with E-state index in [9.17, 15) is 4.79 Å². The number of aromatic nitrogens is 2. The van der Waals surface area contributed by atoms with Crippen molar-refractivity contribution in [2.45, 2.75) is 25.3 Å². The third-order valence-corrected chi connectivity index (χ3v) is 3.92. The van der Waals surface area contributed by atoms with Crippen LogP contribution in [0, 0.1) is 0 Å². The molecular weight excluding hydrogens is 230 g/mol. The van der Waals surface area contributed by atoms with Gasteiger partial charge in [-0.3, -0.25) is 14.8 Å². The Bertz CT molecular complexity index is 443. The lowest BCUT2D eigenvalue weighted by molar-refractivity contribution is 0.0737. The van der Waals surface area contributed by atoms with E-state index in [1.165, 1.54) is 19.4 Å². The molecule has 0 aliphatic carbocycles. The third kappa shape index (κ3) is 2.08. The summed E-state index contributed by atoms with van der Waals surface area (Å²) in [6, 6.07) is 2.15. The minimum atomic E-state index is 0.0213. The van der Waals surface area contributed by atoms with Crippen LogP contribution in [-0.4, -0.2) is 58.1 Å².